The zero-order valence-electron chi connectivity index (χ0n) is 15.8. The third kappa shape index (κ3) is 5.58. The van der Waals surface area contributed by atoms with Gasteiger partial charge in [-0.2, -0.15) is 0 Å². The van der Waals surface area contributed by atoms with Crippen LogP contribution in [0, 0.1) is 11.8 Å². The van der Waals surface area contributed by atoms with E-state index in [1.165, 1.54) is 32.1 Å². The molecule has 0 heterocycles. The topological polar surface area (TPSA) is 58.9 Å². The van der Waals surface area contributed by atoms with Crippen LogP contribution in [0.4, 0.5) is 0 Å². The van der Waals surface area contributed by atoms with Gasteiger partial charge < -0.3 is 9.84 Å². The molecule has 0 aromatic heterocycles. The minimum atomic E-state index is -0.921. The SMILES string of the molecule is CCC1CC=CC=C(OCC2CCCCC2)/C1=N/C(C)=C(\C)C(=O)O. The second kappa shape index (κ2) is 9.59. The highest BCUT2D eigenvalue weighted by Gasteiger charge is 2.23. The predicted molar refractivity (Wildman–Crippen MR) is 102 cm³/mol. The van der Waals surface area contributed by atoms with E-state index in [-0.39, 0.29) is 11.5 Å². The van der Waals surface area contributed by atoms with Crippen LogP contribution in [0.25, 0.3) is 0 Å². The lowest BCUT2D eigenvalue weighted by atomic mass is 9.90. The van der Waals surface area contributed by atoms with Crippen LogP contribution in [0.5, 0.6) is 0 Å². The van der Waals surface area contributed by atoms with Gasteiger partial charge in [0.2, 0.25) is 0 Å². The lowest BCUT2D eigenvalue weighted by Gasteiger charge is -2.24. The van der Waals surface area contributed by atoms with Crippen LogP contribution in [0.1, 0.15) is 65.7 Å². The molecular formula is C21H31NO3. The molecule has 1 atom stereocenters. The first-order valence-electron chi connectivity index (χ1n) is 9.52. The highest BCUT2D eigenvalue weighted by atomic mass is 16.5. The van der Waals surface area contributed by atoms with E-state index in [1.807, 2.05) is 12.2 Å². The van der Waals surface area contributed by atoms with Crippen LogP contribution in [0.2, 0.25) is 0 Å². The Hall–Kier alpha value is -1.84. The molecule has 0 amide bonds. The molecule has 0 bridgehead atoms. The van der Waals surface area contributed by atoms with E-state index in [4.69, 9.17) is 9.73 Å². The van der Waals surface area contributed by atoms with Gasteiger partial charge in [-0.3, -0.25) is 4.99 Å². The molecule has 0 saturated heterocycles. The molecule has 1 fully saturated rings. The van der Waals surface area contributed by atoms with Crippen LogP contribution >= 0.6 is 0 Å². The van der Waals surface area contributed by atoms with Gasteiger partial charge >= 0.3 is 5.97 Å². The number of hydrogen-bond acceptors (Lipinski definition) is 3. The van der Waals surface area contributed by atoms with Crippen molar-refractivity contribution in [1.82, 2.24) is 0 Å². The van der Waals surface area contributed by atoms with Crippen LogP contribution < -0.4 is 0 Å². The van der Waals surface area contributed by atoms with E-state index in [1.54, 1.807) is 13.8 Å². The summed E-state index contributed by atoms with van der Waals surface area (Å²) in [5.74, 6) is 0.771. The van der Waals surface area contributed by atoms with Gasteiger partial charge in [0.15, 0.2) is 0 Å². The first kappa shape index (κ1) is 19.5. The maximum Gasteiger partial charge on any atom is 0.333 e. The number of nitrogens with zero attached hydrogens (tertiary/aromatic N) is 1. The molecule has 1 unspecified atom stereocenters. The molecule has 0 spiro atoms. The maximum absolute atomic E-state index is 11.2. The van der Waals surface area contributed by atoms with Crippen LogP contribution in [0.3, 0.4) is 0 Å². The van der Waals surface area contributed by atoms with Crippen LogP contribution in [0.15, 0.2) is 40.2 Å². The molecular weight excluding hydrogens is 314 g/mol. The normalized spacial score (nSPS) is 24.5. The standard InChI is InChI=1S/C21H31NO3/c1-4-18-12-8-9-13-19(25-14-17-10-6-5-7-11-17)20(18)22-16(3)15(2)21(23)24/h8-9,13,17-18H,4-7,10-12,14H2,1-3H3,(H,23,24)/b16-15+,22-20+. The van der Waals surface area contributed by atoms with Gasteiger partial charge in [0.05, 0.1) is 17.9 Å². The minimum absolute atomic E-state index is 0.257. The van der Waals surface area contributed by atoms with E-state index >= 15 is 0 Å². The Morgan fingerprint density at radius 2 is 2.00 bits per heavy atom. The highest BCUT2D eigenvalue weighted by Crippen LogP contribution is 2.27. The molecule has 0 aliphatic heterocycles. The summed E-state index contributed by atoms with van der Waals surface area (Å²) >= 11 is 0. The zero-order valence-corrected chi connectivity index (χ0v) is 15.8. The first-order valence-corrected chi connectivity index (χ1v) is 9.52. The molecule has 0 radical (unpaired) electrons. The number of rotatable bonds is 6. The highest BCUT2D eigenvalue weighted by molar-refractivity contribution is 6.02. The van der Waals surface area contributed by atoms with E-state index in [2.05, 4.69) is 13.0 Å². The summed E-state index contributed by atoms with van der Waals surface area (Å²) in [5.41, 5.74) is 1.72. The largest absolute Gasteiger partial charge is 0.491 e. The number of carboxylic acid groups (broad SMARTS) is 1. The Morgan fingerprint density at radius 1 is 1.28 bits per heavy atom. The van der Waals surface area contributed by atoms with Crippen LogP contribution in [-0.4, -0.2) is 23.4 Å². The second-order valence-corrected chi connectivity index (χ2v) is 7.13. The van der Waals surface area contributed by atoms with Gasteiger partial charge in [0.25, 0.3) is 0 Å². The third-order valence-electron chi connectivity index (χ3n) is 5.29. The fraction of sp³-hybridized carbons (Fsp3) is 0.619. The molecule has 4 heteroatoms. The van der Waals surface area contributed by atoms with E-state index < -0.39 is 5.97 Å². The molecule has 2 rings (SSSR count). The zero-order chi connectivity index (χ0) is 18.2. The smallest absolute Gasteiger partial charge is 0.333 e. The van der Waals surface area contributed by atoms with Gasteiger partial charge in [-0.1, -0.05) is 38.3 Å². The summed E-state index contributed by atoms with van der Waals surface area (Å²) in [4.78, 5) is 15.9. The summed E-state index contributed by atoms with van der Waals surface area (Å²) in [6, 6.07) is 0. The van der Waals surface area contributed by atoms with Gasteiger partial charge in [0.1, 0.15) is 5.76 Å². The molecule has 4 nitrogen and oxygen atoms in total. The van der Waals surface area contributed by atoms with E-state index in [9.17, 15) is 9.90 Å². The number of ether oxygens (including phenoxy) is 1. The molecule has 1 saturated carbocycles. The Labute approximate surface area is 151 Å². The molecule has 0 aromatic rings. The lowest BCUT2D eigenvalue weighted by molar-refractivity contribution is -0.132. The average molecular weight is 345 g/mol. The summed E-state index contributed by atoms with van der Waals surface area (Å²) in [5, 5.41) is 9.21. The fourth-order valence-electron chi connectivity index (χ4n) is 3.41. The molecule has 1 N–H and O–H groups in total. The van der Waals surface area contributed by atoms with Gasteiger partial charge in [-0.05, 0) is 51.5 Å². The summed E-state index contributed by atoms with van der Waals surface area (Å²) < 4.78 is 6.20. The van der Waals surface area contributed by atoms with Crippen LogP contribution in [-0.2, 0) is 9.53 Å². The molecule has 2 aliphatic rings. The third-order valence-corrected chi connectivity index (χ3v) is 5.29. The Morgan fingerprint density at radius 3 is 2.64 bits per heavy atom. The predicted octanol–water partition coefficient (Wildman–Crippen LogP) is 5.27. The number of aliphatic imine (C=N–C) groups is 1. The Kier molecular flexibility index (Phi) is 7.48. The quantitative estimate of drug-likeness (QED) is 0.667. The minimum Gasteiger partial charge on any atom is -0.491 e. The number of carboxylic acids is 1. The molecule has 0 aromatic carbocycles. The molecule has 2 aliphatic carbocycles. The Bertz CT molecular complexity index is 592. The average Bonchev–Trinajstić information content (AvgIpc) is 2.81. The van der Waals surface area contributed by atoms with Crippen molar-refractivity contribution in [2.24, 2.45) is 16.8 Å². The maximum atomic E-state index is 11.2. The van der Waals surface area contributed by atoms with Crippen molar-refractivity contribution in [3.8, 4) is 0 Å². The van der Waals surface area contributed by atoms with Crippen molar-refractivity contribution >= 4 is 11.7 Å². The van der Waals surface area contributed by atoms with E-state index in [0.717, 1.165) is 30.9 Å². The number of allylic oxidation sites excluding steroid dienone is 5. The molecule has 138 valence electrons. The van der Waals surface area contributed by atoms with Crippen molar-refractivity contribution < 1.29 is 14.6 Å². The van der Waals surface area contributed by atoms with Crippen molar-refractivity contribution in [3.05, 3.63) is 35.3 Å². The summed E-state index contributed by atoms with van der Waals surface area (Å²) in [7, 11) is 0. The lowest BCUT2D eigenvalue weighted by Crippen LogP contribution is -2.21. The fourth-order valence-corrected chi connectivity index (χ4v) is 3.41. The van der Waals surface area contributed by atoms with Crippen molar-refractivity contribution in [2.75, 3.05) is 6.61 Å². The molecule has 25 heavy (non-hydrogen) atoms. The number of carbonyl (C=O) groups is 1. The number of aliphatic carboxylic acids is 1. The second-order valence-electron chi connectivity index (χ2n) is 7.13. The van der Waals surface area contributed by atoms with Gasteiger partial charge in [-0.15, -0.1) is 0 Å². The first-order chi connectivity index (χ1) is 12.0. The summed E-state index contributed by atoms with van der Waals surface area (Å²) in [6.07, 6.45) is 14.4. The summed E-state index contributed by atoms with van der Waals surface area (Å²) in [6.45, 7) is 6.24. The van der Waals surface area contributed by atoms with Gasteiger partial charge in [0, 0.05) is 11.6 Å². The van der Waals surface area contributed by atoms with Crippen molar-refractivity contribution in [1.29, 1.82) is 0 Å². The van der Waals surface area contributed by atoms with E-state index in [0.29, 0.717) is 11.6 Å². The Balaban J connectivity index is 2.22. The number of hydrogen-bond donors (Lipinski definition) is 1. The van der Waals surface area contributed by atoms with Gasteiger partial charge in [-0.25, -0.2) is 4.79 Å². The monoisotopic (exact) mass is 345 g/mol. The van der Waals surface area contributed by atoms with Crippen molar-refractivity contribution in [2.45, 2.75) is 65.7 Å². The van der Waals surface area contributed by atoms with Crippen molar-refractivity contribution in [3.63, 3.8) is 0 Å².